The zero-order chi connectivity index (χ0) is 12.0. The minimum absolute atomic E-state index is 0.346. The molecule has 2 nitrogen and oxygen atoms in total. The number of nitrogens with zero attached hydrogens (tertiary/aromatic N) is 1. The van der Waals surface area contributed by atoms with Crippen LogP contribution in [0.1, 0.15) is 25.8 Å². The number of benzene rings is 1. The van der Waals surface area contributed by atoms with Crippen molar-refractivity contribution < 1.29 is 5.11 Å². The van der Waals surface area contributed by atoms with Crippen molar-refractivity contribution in [2.45, 2.75) is 32.4 Å². The van der Waals surface area contributed by atoms with Crippen molar-refractivity contribution in [2.75, 3.05) is 6.54 Å². The molecule has 1 saturated heterocycles. The van der Waals surface area contributed by atoms with Crippen LogP contribution in [0.25, 0.3) is 5.57 Å². The van der Waals surface area contributed by atoms with Crippen molar-refractivity contribution in [1.29, 1.82) is 0 Å². The summed E-state index contributed by atoms with van der Waals surface area (Å²) in [5, 5.41) is 9.34. The van der Waals surface area contributed by atoms with E-state index in [0.29, 0.717) is 17.8 Å². The Morgan fingerprint density at radius 1 is 1.24 bits per heavy atom. The van der Waals surface area contributed by atoms with Gasteiger partial charge in [0.15, 0.2) is 0 Å². The van der Waals surface area contributed by atoms with Gasteiger partial charge >= 0.3 is 0 Å². The van der Waals surface area contributed by atoms with E-state index in [9.17, 15) is 5.11 Å². The van der Waals surface area contributed by atoms with Crippen LogP contribution in [0.5, 0.6) is 5.75 Å². The summed E-state index contributed by atoms with van der Waals surface area (Å²) in [6, 6.07) is 8.82. The van der Waals surface area contributed by atoms with E-state index in [1.807, 2.05) is 12.1 Å². The average molecular weight is 229 g/mol. The SMILES string of the molecule is CC(C)N1CC2C=C(c3ccc(O)cc3)C1C2. The molecule has 0 aromatic heterocycles. The van der Waals surface area contributed by atoms with Crippen molar-refractivity contribution in [1.82, 2.24) is 4.90 Å². The van der Waals surface area contributed by atoms with Crippen molar-refractivity contribution in [3.05, 3.63) is 35.9 Å². The van der Waals surface area contributed by atoms with E-state index >= 15 is 0 Å². The quantitative estimate of drug-likeness (QED) is 0.843. The molecule has 2 bridgehead atoms. The second kappa shape index (κ2) is 3.88. The van der Waals surface area contributed by atoms with Gasteiger partial charge in [-0.3, -0.25) is 4.90 Å². The molecule has 3 rings (SSSR count). The first-order valence-electron chi connectivity index (χ1n) is 6.42. The molecule has 1 N–H and O–H groups in total. The van der Waals surface area contributed by atoms with E-state index in [1.165, 1.54) is 24.1 Å². The zero-order valence-corrected chi connectivity index (χ0v) is 10.4. The lowest BCUT2D eigenvalue weighted by atomic mass is 9.99. The largest absolute Gasteiger partial charge is 0.508 e. The van der Waals surface area contributed by atoms with Crippen LogP contribution in [0.4, 0.5) is 0 Å². The van der Waals surface area contributed by atoms with Crippen LogP contribution in [0.2, 0.25) is 0 Å². The highest BCUT2D eigenvalue weighted by Crippen LogP contribution is 2.42. The van der Waals surface area contributed by atoms with E-state index in [-0.39, 0.29) is 0 Å². The highest BCUT2D eigenvalue weighted by Gasteiger charge is 2.40. The summed E-state index contributed by atoms with van der Waals surface area (Å²) in [7, 11) is 0. The molecule has 0 amide bonds. The standard InChI is InChI=1S/C15H19NO/c1-10(2)16-9-11-7-14(15(16)8-11)12-3-5-13(17)6-4-12/h3-7,10-11,15,17H,8-9H2,1-2H3. The molecule has 1 aliphatic carbocycles. The molecule has 1 aromatic rings. The molecular formula is C15H19NO. The Morgan fingerprint density at radius 2 is 1.94 bits per heavy atom. The summed E-state index contributed by atoms with van der Waals surface area (Å²) in [6.45, 7) is 5.76. The topological polar surface area (TPSA) is 23.5 Å². The van der Waals surface area contributed by atoms with Gasteiger partial charge < -0.3 is 5.11 Å². The summed E-state index contributed by atoms with van der Waals surface area (Å²) >= 11 is 0. The third-order valence-corrected chi connectivity index (χ3v) is 4.01. The predicted octanol–water partition coefficient (Wildman–Crippen LogP) is 2.89. The first kappa shape index (κ1) is 10.8. The van der Waals surface area contributed by atoms with Crippen LogP contribution < -0.4 is 0 Å². The number of likely N-dealkylation sites (tertiary alicyclic amines) is 1. The van der Waals surface area contributed by atoms with E-state index in [0.717, 1.165) is 5.92 Å². The van der Waals surface area contributed by atoms with Crippen LogP contribution in [0.15, 0.2) is 30.3 Å². The van der Waals surface area contributed by atoms with E-state index in [2.05, 4.69) is 24.8 Å². The smallest absolute Gasteiger partial charge is 0.115 e. The molecule has 0 saturated carbocycles. The predicted molar refractivity (Wildman–Crippen MR) is 69.8 cm³/mol. The van der Waals surface area contributed by atoms with Crippen molar-refractivity contribution in [3.8, 4) is 5.75 Å². The second-order valence-electron chi connectivity index (χ2n) is 5.47. The van der Waals surface area contributed by atoms with Crippen LogP contribution in [-0.4, -0.2) is 28.6 Å². The van der Waals surface area contributed by atoms with Crippen LogP contribution in [0.3, 0.4) is 0 Å². The number of fused-ring (bicyclic) bond motifs is 2. The molecule has 90 valence electrons. The second-order valence-corrected chi connectivity index (χ2v) is 5.47. The molecule has 1 aliphatic heterocycles. The highest BCUT2D eigenvalue weighted by molar-refractivity contribution is 5.73. The van der Waals surface area contributed by atoms with Gasteiger partial charge in [0.05, 0.1) is 0 Å². The third kappa shape index (κ3) is 1.77. The molecule has 0 spiro atoms. The minimum atomic E-state index is 0.346. The maximum atomic E-state index is 9.34. The number of rotatable bonds is 2. The molecule has 1 heterocycles. The Bertz CT molecular complexity index is 446. The van der Waals surface area contributed by atoms with Gasteiger partial charge in [-0.15, -0.1) is 0 Å². The van der Waals surface area contributed by atoms with E-state index < -0.39 is 0 Å². The molecule has 2 heteroatoms. The van der Waals surface area contributed by atoms with Gasteiger partial charge in [0.1, 0.15) is 5.75 Å². The fourth-order valence-electron chi connectivity index (χ4n) is 3.20. The number of phenolic OH excluding ortho intramolecular Hbond substituents is 1. The molecule has 2 aliphatic rings. The molecular weight excluding hydrogens is 210 g/mol. The third-order valence-electron chi connectivity index (χ3n) is 4.01. The van der Waals surface area contributed by atoms with Crippen LogP contribution >= 0.6 is 0 Å². The summed E-state index contributed by atoms with van der Waals surface area (Å²) < 4.78 is 0. The van der Waals surface area contributed by atoms with Gasteiger partial charge in [-0.25, -0.2) is 0 Å². The van der Waals surface area contributed by atoms with Gasteiger partial charge in [0.25, 0.3) is 0 Å². The fraction of sp³-hybridized carbons (Fsp3) is 0.467. The normalized spacial score (nSPS) is 27.8. The summed E-state index contributed by atoms with van der Waals surface area (Å²) in [4.78, 5) is 2.59. The Kier molecular flexibility index (Phi) is 2.48. The Labute approximate surface area is 103 Å². The first-order valence-corrected chi connectivity index (χ1v) is 6.42. The molecule has 0 radical (unpaired) electrons. The maximum Gasteiger partial charge on any atom is 0.115 e. The Hall–Kier alpha value is -1.28. The zero-order valence-electron chi connectivity index (χ0n) is 10.4. The first-order chi connectivity index (χ1) is 8.15. The molecule has 17 heavy (non-hydrogen) atoms. The monoisotopic (exact) mass is 229 g/mol. The van der Waals surface area contributed by atoms with Gasteiger partial charge in [0.2, 0.25) is 0 Å². The van der Waals surface area contributed by atoms with E-state index in [1.54, 1.807) is 12.1 Å². The highest BCUT2D eigenvalue weighted by atomic mass is 16.3. The number of phenols is 1. The minimum Gasteiger partial charge on any atom is -0.508 e. The number of hydrogen-bond acceptors (Lipinski definition) is 2. The molecule has 1 aromatic carbocycles. The molecule has 2 atom stereocenters. The van der Waals surface area contributed by atoms with Crippen molar-refractivity contribution in [2.24, 2.45) is 5.92 Å². The number of hydrogen-bond donors (Lipinski definition) is 1. The number of aromatic hydroxyl groups is 1. The van der Waals surface area contributed by atoms with Crippen molar-refractivity contribution in [3.63, 3.8) is 0 Å². The molecule has 1 fully saturated rings. The van der Waals surface area contributed by atoms with E-state index in [4.69, 9.17) is 0 Å². The summed E-state index contributed by atoms with van der Waals surface area (Å²) in [6.07, 6.45) is 3.70. The fourth-order valence-corrected chi connectivity index (χ4v) is 3.20. The molecule has 2 unspecified atom stereocenters. The summed E-state index contributed by atoms with van der Waals surface area (Å²) in [5.41, 5.74) is 2.72. The lowest BCUT2D eigenvalue weighted by Gasteiger charge is -2.31. The Balaban J connectivity index is 1.90. The van der Waals surface area contributed by atoms with Gasteiger partial charge in [0, 0.05) is 18.6 Å². The lowest BCUT2D eigenvalue weighted by Crippen LogP contribution is -2.37. The Morgan fingerprint density at radius 3 is 2.53 bits per heavy atom. The lowest BCUT2D eigenvalue weighted by molar-refractivity contribution is 0.231. The maximum absolute atomic E-state index is 9.34. The van der Waals surface area contributed by atoms with Gasteiger partial charge in [-0.2, -0.15) is 0 Å². The van der Waals surface area contributed by atoms with Gasteiger partial charge in [-0.1, -0.05) is 18.2 Å². The van der Waals surface area contributed by atoms with Crippen LogP contribution in [0, 0.1) is 5.92 Å². The van der Waals surface area contributed by atoms with Crippen molar-refractivity contribution >= 4 is 5.57 Å². The van der Waals surface area contributed by atoms with Gasteiger partial charge in [-0.05, 0) is 49.5 Å². The summed E-state index contributed by atoms with van der Waals surface area (Å²) in [5.74, 6) is 1.07. The van der Waals surface area contributed by atoms with Crippen LogP contribution in [-0.2, 0) is 0 Å². The average Bonchev–Trinajstić information content (AvgIpc) is 2.89.